The molecule has 1 aromatic carbocycles. The van der Waals surface area contributed by atoms with Crippen LogP contribution in [0.15, 0.2) is 24.3 Å². The highest BCUT2D eigenvalue weighted by atomic mass is 16.5. The number of hydrogen-bond acceptors (Lipinski definition) is 4. The molecule has 0 aliphatic carbocycles. The van der Waals surface area contributed by atoms with Crippen LogP contribution in [0.4, 0.5) is 0 Å². The summed E-state index contributed by atoms with van der Waals surface area (Å²) >= 11 is 0. The Morgan fingerprint density at radius 1 is 1.13 bits per heavy atom. The zero-order valence-corrected chi connectivity index (χ0v) is 13.8. The van der Waals surface area contributed by atoms with Gasteiger partial charge in [0.05, 0.1) is 12.0 Å². The molecular weight excluding hydrogens is 290 g/mol. The van der Waals surface area contributed by atoms with Gasteiger partial charge in [-0.2, -0.15) is 0 Å². The minimum atomic E-state index is -0.369. The fourth-order valence-corrected chi connectivity index (χ4v) is 3.58. The van der Waals surface area contributed by atoms with Gasteiger partial charge in [0.1, 0.15) is 12.0 Å². The highest BCUT2D eigenvalue weighted by Crippen LogP contribution is 2.33. The van der Waals surface area contributed by atoms with E-state index in [1.807, 2.05) is 24.3 Å². The molecule has 0 unspecified atom stereocenters. The molecule has 2 fully saturated rings. The average Bonchev–Trinajstić information content (AvgIpc) is 3.13. The fourth-order valence-electron chi connectivity index (χ4n) is 3.58. The maximum absolute atomic E-state index is 11.6. The van der Waals surface area contributed by atoms with Crippen molar-refractivity contribution in [2.24, 2.45) is 0 Å². The van der Waals surface area contributed by atoms with Gasteiger partial charge >= 0.3 is 0 Å². The number of carbonyl (C=O) groups excluding carboxylic acids is 1. The lowest BCUT2D eigenvalue weighted by atomic mass is 9.75. The Hall–Kier alpha value is -1.39. The van der Waals surface area contributed by atoms with Gasteiger partial charge in [-0.15, -0.1) is 0 Å². The second-order valence-electron chi connectivity index (χ2n) is 6.66. The number of nitrogens with zero attached hydrogens (tertiary/aromatic N) is 1. The summed E-state index contributed by atoms with van der Waals surface area (Å²) in [6, 6.07) is 8.06. The first-order valence-corrected chi connectivity index (χ1v) is 8.82. The molecule has 0 bridgehead atoms. The minimum absolute atomic E-state index is 0.369. The summed E-state index contributed by atoms with van der Waals surface area (Å²) in [4.78, 5) is 14.1. The maximum Gasteiger partial charge on any atom is 0.130 e. The SMILES string of the molecule is O=CC1(c2ccc(OCCCN3CCCC3)cc2)CCOCC1. The van der Waals surface area contributed by atoms with Gasteiger partial charge in [0.25, 0.3) is 0 Å². The number of benzene rings is 1. The standard InChI is InChI=1S/C19H27NO3/c21-16-19(8-14-22-15-9-19)17-4-6-18(7-5-17)23-13-3-12-20-10-1-2-11-20/h4-7,16H,1-3,8-15H2. The molecule has 0 atom stereocenters. The van der Waals surface area contributed by atoms with Crippen LogP contribution in [0.2, 0.25) is 0 Å². The third-order valence-corrected chi connectivity index (χ3v) is 5.13. The molecule has 23 heavy (non-hydrogen) atoms. The number of likely N-dealkylation sites (tertiary alicyclic amines) is 1. The van der Waals surface area contributed by atoms with E-state index >= 15 is 0 Å². The number of ether oxygens (including phenoxy) is 2. The monoisotopic (exact) mass is 317 g/mol. The van der Waals surface area contributed by atoms with Crippen molar-refractivity contribution >= 4 is 6.29 Å². The van der Waals surface area contributed by atoms with Crippen molar-refractivity contribution in [3.63, 3.8) is 0 Å². The van der Waals surface area contributed by atoms with Gasteiger partial charge in [0, 0.05) is 19.8 Å². The molecule has 1 aromatic rings. The van der Waals surface area contributed by atoms with E-state index in [9.17, 15) is 4.79 Å². The Bertz CT molecular complexity index is 488. The smallest absolute Gasteiger partial charge is 0.130 e. The van der Waals surface area contributed by atoms with Crippen LogP contribution >= 0.6 is 0 Å². The van der Waals surface area contributed by atoms with Crippen LogP contribution in [0.3, 0.4) is 0 Å². The molecule has 0 saturated carbocycles. The van der Waals surface area contributed by atoms with Gasteiger partial charge < -0.3 is 19.2 Å². The summed E-state index contributed by atoms with van der Waals surface area (Å²) in [6.45, 7) is 5.69. The lowest BCUT2D eigenvalue weighted by Gasteiger charge is -2.32. The molecule has 0 aromatic heterocycles. The topological polar surface area (TPSA) is 38.8 Å². The van der Waals surface area contributed by atoms with Gasteiger partial charge in [-0.25, -0.2) is 0 Å². The Morgan fingerprint density at radius 2 is 1.83 bits per heavy atom. The Kier molecular flexibility index (Phi) is 5.68. The van der Waals surface area contributed by atoms with E-state index in [2.05, 4.69) is 4.90 Å². The summed E-state index contributed by atoms with van der Waals surface area (Å²) < 4.78 is 11.2. The summed E-state index contributed by atoms with van der Waals surface area (Å²) in [5, 5.41) is 0. The van der Waals surface area contributed by atoms with Gasteiger partial charge in [0.2, 0.25) is 0 Å². The van der Waals surface area contributed by atoms with Gasteiger partial charge in [-0.05, 0) is 62.9 Å². The number of carbonyl (C=O) groups is 1. The van der Waals surface area contributed by atoms with Crippen molar-refractivity contribution < 1.29 is 14.3 Å². The Morgan fingerprint density at radius 3 is 2.48 bits per heavy atom. The molecule has 2 heterocycles. The third-order valence-electron chi connectivity index (χ3n) is 5.13. The zero-order chi connectivity index (χ0) is 16.0. The first kappa shape index (κ1) is 16.5. The molecule has 0 radical (unpaired) electrons. The van der Waals surface area contributed by atoms with Crippen molar-refractivity contribution in [1.82, 2.24) is 4.90 Å². The van der Waals surface area contributed by atoms with E-state index in [1.165, 1.54) is 25.9 Å². The largest absolute Gasteiger partial charge is 0.494 e. The molecule has 3 rings (SSSR count). The van der Waals surface area contributed by atoms with Crippen molar-refractivity contribution in [3.8, 4) is 5.75 Å². The second kappa shape index (κ2) is 7.93. The first-order chi connectivity index (χ1) is 11.3. The van der Waals surface area contributed by atoms with Crippen molar-refractivity contribution in [3.05, 3.63) is 29.8 Å². The Balaban J connectivity index is 1.49. The molecule has 2 aliphatic heterocycles. The van der Waals surface area contributed by atoms with Crippen molar-refractivity contribution in [1.29, 1.82) is 0 Å². The highest BCUT2D eigenvalue weighted by molar-refractivity contribution is 5.69. The number of hydrogen-bond donors (Lipinski definition) is 0. The molecule has 0 spiro atoms. The molecule has 0 amide bonds. The predicted octanol–water partition coefficient (Wildman–Crippen LogP) is 2.80. The summed E-state index contributed by atoms with van der Waals surface area (Å²) in [7, 11) is 0. The molecule has 2 saturated heterocycles. The third kappa shape index (κ3) is 4.12. The van der Waals surface area contributed by atoms with Gasteiger partial charge in [0.15, 0.2) is 0 Å². The summed E-state index contributed by atoms with van der Waals surface area (Å²) in [5.74, 6) is 0.892. The fraction of sp³-hybridized carbons (Fsp3) is 0.632. The Labute approximate surface area is 138 Å². The quantitative estimate of drug-likeness (QED) is 0.572. The van der Waals surface area contributed by atoms with E-state index < -0.39 is 0 Å². The van der Waals surface area contributed by atoms with Crippen LogP contribution in [-0.2, 0) is 14.9 Å². The lowest BCUT2D eigenvalue weighted by molar-refractivity contribution is -0.115. The summed E-state index contributed by atoms with van der Waals surface area (Å²) in [6.07, 6.45) is 6.38. The maximum atomic E-state index is 11.6. The minimum Gasteiger partial charge on any atom is -0.494 e. The van der Waals surface area contributed by atoms with Gasteiger partial charge in [-0.1, -0.05) is 12.1 Å². The van der Waals surface area contributed by atoms with Crippen molar-refractivity contribution in [2.45, 2.75) is 37.5 Å². The van der Waals surface area contributed by atoms with Crippen LogP contribution in [0, 0.1) is 0 Å². The van der Waals surface area contributed by atoms with Crippen LogP contribution in [-0.4, -0.2) is 50.6 Å². The normalized spacial score (nSPS) is 21.2. The van der Waals surface area contributed by atoms with Crippen LogP contribution < -0.4 is 4.74 Å². The number of aldehydes is 1. The van der Waals surface area contributed by atoms with Crippen LogP contribution in [0.1, 0.15) is 37.7 Å². The van der Waals surface area contributed by atoms with Crippen LogP contribution in [0.25, 0.3) is 0 Å². The van der Waals surface area contributed by atoms with E-state index in [0.29, 0.717) is 13.2 Å². The first-order valence-electron chi connectivity index (χ1n) is 8.82. The summed E-state index contributed by atoms with van der Waals surface area (Å²) in [5.41, 5.74) is 0.715. The average molecular weight is 317 g/mol. The van der Waals surface area contributed by atoms with Gasteiger partial charge in [-0.3, -0.25) is 0 Å². The molecular formula is C19H27NO3. The van der Waals surface area contributed by atoms with Crippen LogP contribution in [0.5, 0.6) is 5.75 Å². The zero-order valence-electron chi connectivity index (χ0n) is 13.8. The molecule has 2 aliphatic rings. The van der Waals surface area contributed by atoms with Crippen molar-refractivity contribution in [2.75, 3.05) is 39.5 Å². The van der Waals surface area contributed by atoms with E-state index in [4.69, 9.17) is 9.47 Å². The van der Waals surface area contributed by atoms with E-state index in [0.717, 1.165) is 50.0 Å². The molecule has 4 nitrogen and oxygen atoms in total. The number of rotatable bonds is 7. The molecule has 0 N–H and O–H groups in total. The predicted molar refractivity (Wildman–Crippen MR) is 90.0 cm³/mol. The van der Waals surface area contributed by atoms with E-state index in [-0.39, 0.29) is 5.41 Å². The lowest BCUT2D eigenvalue weighted by Crippen LogP contribution is -2.35. The molecule has 126 valence electrons. The highest BCUT2D eigenvalue weighted by Gasteiger charge is 2.34. The van der Waals surface area contributed by atoms with E-state index in [1.54, 1.807) is 0 Å². The molecule has 4 heteroatoms. The second-order valence-corrected chi connectivity index (χ2v) is 6.66.